The molecule has 0 heterocycles. The molecule has 0 spiro atoms. The Morgan fingerprint density at radius 3 is 2.71 bits per heavy atom. The Bertz CT molecular complexity index is 185. The van der Waals surface area contributed by atoms with Gasteiger partial charge >= 0.3 is 0 Å². The summed E-state index contributed by atoms with van der Waals surface area (Å²) in [5, 5.41) is 12.7. The maximum Gasteiger partial charge on any atom is 0.0474 e. The molecule has 1 saturated carbocycles. The number of hydrogen-bond acceptors (Lipinski definition) is 2. The topological polar surface area (TPSA) is 32.3 Å². The van der Waals surface area contributed by atoms with Gasteiger partial charge in [-0.2, -0.15) is 0 Å². The largest absolute Gasteiger partial charge is 0.396 e. The van der Waals surface area contributed by atoms with Crippen LogP contribution in [-0.4, -0.2) is 24.3 Å². The van der Waals surface area contributed by atoms with E-state index in [1.165, 1.54) is 31.3 Å². The Hall–Kier alpha value is -0.340. The highest BCUT2D eigenvalue weighted by molar-refractivity contribution is 4.95. The molecule has 2 N–H and O–H groups in total. The minimum absolute atomic E-state index is 0.340. The van der Waals surface area contributed by atoms with Crippen LogP contribution in [0.15, 0.2) is 11.6 Å². The van der Waals surface area contributed by atoms with Crippen LogP contribution in [0.5, 0.6) is 0 Å². The molecule has 1 aliphatic rings. The molecule has 0 aromatic carbocycles. The van der Waals surface area contributed by atoms with Gasteiger partial charge in [-0.1, -0.05) is 24.5 Å². The lowest BCUT2D eigenvalue weighted by Gasteiger charge is -2.30. The van der Waals surface area contributed by atoms with Crippen LogP contribution in [0.1, 0.15) is 39.5 Å². The lowest BCUT2D eigenvalue weighted by molar-refractivity contribution is 0.155. The Kier molecular flexibility index (Phi) is 5.20. The van der Waals surface area contributed by atoms with Gasteiger partial charge in [0, 0.05) is 19.2 Å². The van der Waals surface area contributed by atoms with Crippen molar-refractivity contribution in [2.75, 3.05) is 13.2 Å². The molecule has 2 atom stereocenters. The smallest absolute Gasteiger partial charge is 0.0474 e. The molecule has 14 heavy (non-hydrogen) atoms. The van der Waals surface area contributed by atoms with Crippen LogP contribution < -0.4 is 5.32 Å². The SMILES string of the molecule is CC(C)=CCNC1CCCCC1CO. The van der Waals surface area contributed by atoms with Gasteiger partial charge in [-0.05, 0) is 32.6 Å². The lowest BCUT2D eigenvalue weighted by Crippen LogP contribution is -2.40. The third-order valence-corrected chi connectivity index (χ3v) is 3.03. The molecule has 1 fully saturated rings. The van der Waals surface area contributed by atoms with Gasteiger partial charge in [0.1, 0.15) is 0 Å². The molecule has 2 nitrogen and oxygen atoms in total. The minimum Gasteiger partial charge on any atom is -0.396 e. The van der Waals surface area contributed by atoms with Crippen molar-refractivity contribution in [1.29, 1.82) is 0 Å². The number of hydrogen-bond donors (Lipinski definition) is 2. The normalized spacial score (nSPS) is 27.4. The summed E-state index contributed by atoms with van der Waals surface area (Å²) >= 11 is 0. The summed E-state index contributed by atoms with van der Waals surface area (Å²) in [7, 11) is 0. The first-order valence-electron chi connectivity index (χ1n) is 5.71. The molecule has 0 aliphatic heterocycles. The minimum atomic E-state index is 0.340. The molecule has 2 unspecified atom stereocenters. The predicted molar refractivity (Wildman–Crippen MR) is 60.3 cm³/mol. The Morgan fingerprint density at radius 2 is 2.07 bits per heavy atom. The number of aliphatic hydroxyl groups is 1. The standard InChI is InChI=1S/C12H23NO/c1-10(2)7-8-13-12-6-4-3-5-11(12)9-14/h7,11-14H,3-6,8-9H2,1-2H3. The maximum absolute atomic E-state index is 9.21. The average Bonchev–Trinajstić information content (AvgIpc) is 2.18. The van der Waals surface area contributed by atoms with Crippen molar-refractivity contribution in [1.82, 2.24) is 5.32 Å². The van der Waals surface area contributed by atoms with Crippen LogP contribution >= 0.6 is 0 Å². The molecule has 0 amide bonds. The highest BCUT2D eigenvalue weighted by Crippen LogP contribution is 2.23. The maximum atomic E-state index is 9.21. The van der Waals surface area contributed by atoms with Crippen molar-refractivity contribution in [3.63, 3.8) is 0 Å². The summed E-state index contributed by atoms with van der Waals surface area (Å²) in [5.74, 6) is 0.481. The molecule has 2 heteroatoms. The highest BCUT2D eigenvalue weighted by Gasteiger charge is 2.23. The third-order valence-electron chi connectivity index (χ3n) is 3.03. The van der Waals surface area contributed by atoms with Crippen molar-refractivity contribution in [2.45, 2.75) is 45.6 Å². The van der Waals surface area contributed by atoms with E-state index in [1.807, 2.05) is 0 Å². The van der Waals surface area contributed by atoms with E-state index in [4.69, 9.17) is 0 Å². The van der Waals surface area contributed by atoms with Crippen LogP contribution in [0, 0.1) is 5.92 Å². The zero-order chi connectivity index (χ0) is 10.4. The van der Waals surface area contributed by atoms with Crippen molar-refractivity contribution < 1.29 is 5.11 Å². The molecule has 0 aromatic rings. The second-order valence-electron chi connectivity index (χ2n) is 4.52. The first kappa shape index (κ1) is 11.7. The van der Waals surface area contributed by atoms with Crippen molar-refractivity contribution in [3.05, 3.63) is 11.6 Å². The Morgan fingerprint density at radius 1 is 1.36 bits per heavy atom. The van der Waals surface area contributed by atoms with Crippen molar-refractivity contribution >= 4 is 0 Å². The number of allylic oxidation sites excluding steroid dienone is 1. The fourth-order valence-electron chi connectivity index (χ4n) is 2.11. The van der Waals surface area contributed by atoms with Gasteiger partial charge in [0.2, 0.25) is 0 Å². The van der Waals surface area contributed by atoms with Crippen LogP contribution in [0.25, 0.3) is 0 Å². The molecule has 1 aliphatic carbocycles. The van der Waals surface area contributed by atoms with Gasteiger partial charge in [-0.25, -0.2) is 0 Å². The molecular weight excluding hydrogens is 174 g/mol. The zero-order valence-corrected chi connectivity index (χ0v) is 9.42. The number of aliphatic hydroxyl groups excluding tert-OH is 1. The van der Waals surface area contributed by atoms with Crippen molar-refractivity contribution in [3.8, 4) is 0 Å². The predicted octanol–water partition coefficient (Wildman–Crippen LogP) is 2.09. The van der Waals surface area contributed by atoms with E-state index in [1.54, 1.807) is 0 Å². The second-order valence-corrected chi connectivity index (χ2v) is 4.52. The number of nitrogens with one attached hydrogen (secondary N) is 1. The van der Waals surface area contributed by atoms with E-state index < -0.39 is 0 Å². The molecule has 0 saturated heterocycles. The highest BCUT2D eigenvalue weighted by atomic mass is 16.3. The van der Waals surface area contributed by atoms with Crippen molar-refractivity contribution in [2.24, 2.45) is 5.92 Å². The molecule has 82 valence electrons. The van der Waals surface area contributed by atoms with Gasteiger partial charge in [-0.15, -0.1) is 0 Å². The van der Waals surface area contributed by atoms with E-state index in [9.17, 15) is 5.11 Å². The summed E-state index contributed by atoms with van der Waals surface area (Å²) in [6.45, 7) is 5.52. The average molecular weight is 197 g/mol. The van der Waals surface area contributed by atoms with E-state index in [0.717, 1.165) is 6.54 Å². The van der Waals surface area contributed by atoms with Crippen LogP contribution in [0.3, 0.4) is 0 Å². The fourth-order valence-corrected chi connectivity index (χ4v) is 2.11. The summed E-state index contributed by atoms with van der Waals surface area (Å²) < 4.78 is 0. The monoisotopic (exact) mass is 197 g/mol. The van der Waals surface area contributed by atoms with Gasteiger partial charge < -0.3 is 10.4 Å². The summed E-state index contributed by atoms with van der Waals surface area (Å²) in [6, 6.07) is 0.532. The van der Waals surface area contributed by atoms with Gasteiger partial charge in [0.15, 0.2) is 0 Å². The van der Waals surface area contributed by atoms with Crippen LogP contribution in [0.2, 0.25) is 0 Å². The molecule has 0 aromatic heterocycles. The number of rotatable bonds is 4. The van der Waals surface area contributed by atoms with E-state index >= 15 is 0 Å². The zero-order valence-electron chi connectivity index (χ0n) is 9.42. The van der Waals surface area contributed by atoms with Gasteiger partial charge in [0.05, 0.1) is 0 Å². The van der Waals surface area contributed by atoms with Crippen LogP contribution in [-0.2, 0) is 0 Å². The van der Waals surface area contributed by atoms with E-state index in [2.05, 4.69) is 25.2 Å². The molecule has 0 bridgehead atoms. The van der Waals surface area contributed by atoms with Gasteiger partial charge in [0.25, 0.3) is 0 Å². The van der Waals surface area contributed by atoms with Crippen LogP contribution in [0.4, 0.5) is 0 Å². The Balaban J connectivity index is 2.29. The summed E-state index contributed by atoms with van der Waals surface area (Å²) in [6.07, 6.45) is 7.21. The molecule has 0 radical (unpaired) electrons. The second kappa shape index (κ2) is 6.20. The van der Waals surface area contributed by atoms with Gasteiger partial charge in [-0.3, -0.25) is 0 Å². The Labute approximate surface area is 87.4 Å². The first-order chi connectivity index (χ1) is 6.74. The fraction of sp³-hybridized carbons (Fsp3) is 0.833. The third kappa shape index (κ3) is 3.81. The molecule has 1 rings (SSSR count). The molecular formula is C12H23NO. The summed E-state index contributed by atoms with van der Waals surface area (Å²) in [4.78, 5) is 0. The van der Waals surface area contributed by atoms with E-state index in [-0.39, 0.29) is 0 Å². The van der Waals surface area contributed by atoms with E-state index in [0.29, 0.717) is 18.6 Å². The summed E-state index contributed by atoms with van der Waals surface area (Å²) in [5.41, 5.74) is 1.36. The lowest BCUT2D eigenvalue weighted by atomic mass is 9.85. The first-order valence-corrected chi connectivity index (χ1v) is 5.71. The quantitative estimate of drug-likeness (QED) is 0.676.